The number of benzene rings is 2. The molecule has 0 bridgehead atoms. The number of carbonyl (C=O) groups is 2. The molecule has 2 aromatic carbocycles. The van der Waals surface area contributed by atoms with Gasteiger partial charge in [0.1, 0.15) is 6.42 Å². The summed E-state index contributed by atoms with van der Waals surface area (Å²) >= 11 is 0. The van der Waals surface area contributed by atoms with Crippen LogP contribution in [-0.4, -0.2) is 23.3 Å². The molecule has 1 atom stereocenters. The number of anilines is 1. The molecule has 1 heterocycles. The Morgan fingerprint density at radius 2 is 1.85 bits per heavy atom. The molecule has 136 valence electrons. The van der Waals surface area contributed by atoms with E-state index in [2.05, 4.69) is 24.4 Å². The van der Waals surface area contributed by atoms with Crippen molar-refractivity contribution in [3.05, 3.63) is 64.7 Å². The number of carbonyl (C=O) groups excluding carboxylic acids is 2. The molecule has 0 radical (unpaired) electrons. The highest BCUT2D eigenvalue weighted by atomic mass is 16.2. The third-order valence-electron chi connectivity index (χ3n) is 5.09. The lowest BCUT2D eigenvalue weighted by Gasteiger charge is -2.26. The molecule has 1 N–H and O–H groups in total. The molecule has 0 saturated carbocycles. The zero-order valence-electron chi connectivity index (χ0n) is 15.7. The van der Waals surface area contributed by atoms with Gasteiger partial charge in [0.15, 0.2) is 0 Å². The van der Waals surface area contributed by atoms with Gasteiger partial charge in [-0.05, 0) is 56.4 Å². The first-order chi connectivity index (χ1) is 12.5. The molecule has 0 aromatic heterocycles. The largest absolute Gasteiger partial charge is 0.335 e. The zero-order valence-corrected chi connectivity index (χ0v) is 15.7. The molecule has 1 aliphatic rings. The van der Waals surface area contributed by atoms with Crippen molar-refractivity contribution in [2.75, 3.05) is 11.9 Å². The number of nitrogens with zero attached hydrogens (tertiary/aromatic N) is 1. The van der Waals surface area contributed by atoms with E-state index in [1.54, 1.807) is 0 Å². The Hall–Kier alpha value is -2.62. The average Bonchev–Trinajstić information content (AvgIpc) is 3.07. The van der Waals surface area contributed by atoms with Crippen LogP contribution in [0, 0.1) is 20.8 Å². The summed E-state index contributed by atoms with van der Waals surface area (Å²) in [6.07, 6.45) is 1.81. The lowest BCUT2D eigenvalue weighted by molar-refractivity contribution is -0.135. The Labute approximate surface area is 155 Å². The minimum absolute atomic E-state index is 0.0811. The van der Waals surface area contributed by atoms with Crippen LogP contribution in [0.2, 0.25) is 0 Å². The van der Waals surface area contributed by atoms with E-state index < -0.39 is 0 Å². The summed E-state index contributed by atoms with van der Waals surface area (Å²) in [4.78, 5) is 27.0. The highest BCUT2D eigenvalue weighted by Gasteiger charge is 2.31. The molecule has 4 nitrogen and oxygen atoms in total. The molecule has 2 aromatic rings. The van der Waals surface area contributed by atoms with Gasteiger partial charge in [0.05, 0.1) is 6.04 Å². The van der Waals surface area contributed by atoms with Crippen LogP contribution < -0.4 is 5.32 Å². The summed E-state index contributed by atoms with van der Waals surface area (Å²) in [5.74, 6) is -0.351. The van der Waals surface area contributed by atoms with Gasteiger partial charge in [0, 0.05) is 12.2 Å². The van der Waals surface area contributed by atoms with E-state index in [4.69, 9.17) is 0 Å². The maximum atomic E-state index is 12.7. The van der Waals surface area contributed by atoms with E-state index in [1.807, 2.05) is 49.1 Å². The standard InChI is InChI=1S/C22H26N2O2/c1-15-10-11-19(17(3)13-15)23-21(25)14-22(26)24-12-6-9-20(24)18-8-5-4-7-16(18)2/h4-5,7-8,10-11,13,20H,6,9,12,14H2,1-3H3,(H,23,25)/t20-/m1/s1. The molecule has 2 amide bonds. The van der Waals surface area contributed by atoms with Gasteiger partial charge in [0.2, 0.25) is 11.8 Å². The molecule has 26 heavy (non-hydrogen) atoms. The number of nitrogens with one attached hydrogen (secondary N) is 1. The van der Waals surface area contributed by atoms with Crippen molar-refractivity contribution >= 4 is 17.5 Å². The van der Waals surface area contributed by atoms with Crippen LogP contribution in [-0.2, 0) is 9.59 Å². The maximum Gasteiger partial charge on any atom is 0.233 e. The van der Waals surface area contributed by atoms with Crippen LogP contribution in [0.15, 0.2) is 42.5 Å². The van der Waals surface area contributed by atoms with Gasteiger partial charge < -0.3 is 10.2 Å². The Morgan fingerprint density at radius 1 is 1.08 bits per heavy atom. The summed E-state index contributed by atoms with van der Waals surface area (Å²) < 4.78 is 0. The van der Waals surface area contributed by atoms with Crippen molar-refractivity contribution in [3.8, 4) is 0 Å². The third kappa shape index (κ3) is 3.96. The Balaban J connectivity index is 1.67. The summed E-state index contributed by atoms with van der Waals surface area (Å²) in [6, 6.07) is 14.1. The fraction of sp³-hybridized carbons (Fsp3) is 0.364. The van der Waals surface area contributed by atoms with Crippen LogP contribution >= 0.6 is 0 Å². The average molecular weight is 350 g/mol. The summed E-state index contributed by atoms with van der Waals surface area (Å²) in [5.41, 5.74) is 5.30. The fourth-order valence-corrected chi connectivity index (χ4v) is 3.74. The Kier molecular flexibility index (Phi) is 5.40. The van der Waals surface area contributed by atoms with Crippen molar-refractivity contribution in [2.45, 2.75) is 46.1 Å². The van der Waals surface area contributed by atoms with Gasteiger partial charge in [-0.3, -0.25) is 9.59 Å². The normalized spacial score (nSPS) is 16.6. The number of likely N-dealkylation sites (tertiary alicyclic amines) is 1. The Morgan fingerprint density at radius 3 is 2.58 bits per heavy atom. The van der Waals surface area contributed by atoms with Gasteiger partial charge in [-0.2, -0.15) is 0 Å². The Bertz CT molecular complexity index is 829. The number of hydrogen-bond donors (Lipinski definition) is 1. The van der Waals surface area contributed by atoms with E-state index in [0.717, 1.165) is 29.7 Å². The van der Waals surface area contributed by atoms with E-state index in [-0.39, 0.29) is 24.3 Å². The van der Waals surface area contributed by atoms with Crippen molar-refractivity contribution in [3.63, 3.8) is 0 Å². The molecule has 0 spiro atoms. The van der Waals surface area contributed by atoms with Crippen molar-refractivity contribution < 1.29 is 9.59 Å². The molecular weight excluding hydrogens is 324 g/mol. The van der Waals surface area contributed by atoms with Gasteiger partial charge in [-0.25, -0.2) is 0 Å². The summed E-state index contributed by atoms with van der Waals surface area (Å²) in [6.45, 7) is 6.76. The lowest BCUT2D eigenvalue weighted by atomic mass is 9.99. The second-order valence-electron chi connectivity index (χ2n) is 7.15. The zero-order chi connectivity index (χ0) is 18.7. The SMILES string of the molecule is Cc1ccc(NC(=O)CC(=O)N2CCC[C@@H]2c2ccccc2C)c(C)c1. The minimum Gasteiger partial charge on any atom is -0.335 e. The third-order valence-corrected chi connectivity index (χ3v) is 5.09. The smallest absolute Gasteiger partial charge is 0.233 e. The number of rotatable bonds is 4. The van der Waals surface area contributed by atoms with E-state index >= 15 is 0 Å². The molecular formula is C22H26N2O2. The van der Waals surface area contributed by atoms with Crippen molar-refractivity contribution in [2.24, 2.45) is 0 Å². The maximum absolute atomic E-state index is 12.7. The minimum atomic E-state index is -0.252. The fourth-order valence-electron chi connectivity index (χ4n) is 3.74. The van der Waals surface area contributed by atoms with Crippen LogP contribution in [0.3, 0.4) is 0 Å². The topological polar surface area (TPSA) is 49.4 Å². The number of aryl methyl sites for hydroxylation is 3. The van der Waals surface area contributed by atoms with E-state index in [9.17, 15) is 9.59 Å². The van der Waals surface area contributed by atoms with Crippen molar-refractivity contribution in [1.82, 2.24) is 4.90 Å². The van der Waals surface area contributed by atoms with Gasteiger partial charge in [-0.1, -0.05) is 42.0 Å². The van der Waals surface area contributed by atoms with Gasteiger partial charge >= 0.3 is 0 Å². The predicted molar refractivity (Wildman–Crippen MR) is 104 cm³/mol. The quantitative estimate of drug-likeness (QED) is 0.836. The van der Waals surface area contributed by atoms with Crippen LogP contribution in [0.25, 0.3) is 0 Å². The van der Waals surface area contributed by atoms with Crippen molar-refractivity contribution in [1.29, 1.82) is 0 Å². The monoisotopic (exact) mass is 350 g/mol. The summed E-state index contributed by atoms with van der Waals surface area (Å²) in [7, 11) is 0. The number of hydrogen-bond acceptors (Lipinski definition) is 2. The van der Waals surface area contributed by atoms with E-state index in [1.165, 1.54) is 11.1 Å². The number of amides is 2. The van der Waals surface area contributed by atoms with Crippen LogP contribution in [0.5, 0.6) is 0 Å². The molecule has 1 fully saturated rings. The molecule has 3 rings (SSSR count). The van der Waals surface area contributed by atoms with E-state index in [0.29, 0.717) is 6.54 Å². The molecule has 1 aliphatic heterocycles. The summed E-state index contributed by atoms with van der Waals surface area (Å²) in [5, 5.41) is 2.87. The first-order valence-electron chi connectivity index (χ1n) is 9.18. The second kappa shape index (κ2) is 7.73. The molecule has 0 unspecified atom stereocenters. The molecule has 0 aliphatic carbocycles. The molecule has 1 saturated heterocycles. The molecule has 4 heteroatoms. The highest BCUT2D eigenvalue weighted by Crippen LogP contribution is 2.34. The first-order valence-corrected chi connectivity index (χ1v) is 9.18. The second-order valence-corrected chi connectivity index (χ2v) is 7.15. The first kappa shape index (κ1) is 18.2. The van der Waals surface area contributed by atoms with Gasteiger partial charge in [-0.15, -0.1) is 0 Å². The van der Waals surface area contributed by atoms with Crippen LogP contribution in [0.1, 0.15) is 47.6 Å². The predicted octanol–water partition coefficient (Wildman–Crippen LogP) is 4.30. The van der Waals surface area contributed by atoms with Crippen LogP contribution in [0.4, 0.5) is 5.69 Å². The lowest BCUT2D eigenvalue weighted by Crippen LogP contribution is -2.33. The van der Waals surface area contributed by atoms with Gasteiger partial charge in [0.25, 0.3) is 0 Å². The highest BCUT2D eigenvalue weighted by molar-refractivity contribution is 6.04.